The van der Waals surface area contributed by atoms with E-state index in [1.165, 1.54) is 10.4 Å². The minimum Gasteiger partial charge on any atom is -0.347 e. The summed E-state index contributed by atoms with van der Waals surface area (Å²) in [6.45, 7) is 8.63. The summed E-state index contributed by atoms with van der Waals surface area (Å²) in [5, 5.41) is 4.87. The minimum absolute atomic E-state index is 0.152. The summed E-state index contributed by atoms with van der Waals surface area (Å²) in [5.74, 6) is -0.262. The topological polar surface area (TPSA) is 66.5 Å². The van der Waals surface area contributed by atoms with Crippen LogP contribution in [0, 0.1) is 13.8 Å². The normalized spacial score (nSPS) is 11.7. The van der Waals surface area contributed by atoms with E-state index in [0.717, 1.165) is 16.0 Å². The number of aryl methyl sites for hydroxylation is 2. The fourth-order valence-corrected chi connectivity index (χ4v) is 4.89. The van der Waals surface area contributed by atoms with E-state index in [1.54, 1.807) is 44.2 Å². The quantitative estimate of drug-likeness (QED) is 0.801. The summed E-state index contributed by atoms with van der Waals surface area (Å²) in [4.78, 5) is 13.8. The molecule has 0 radical (unpaired) electrons. The van der Waals surface area contributed by atoms with Crippen LogP contribution < -0.4 is 5.32 Å². The van der Waals surface area contributed by atoms with Crippen LogP contribution in [0.15, 0.2) is 34.5 Å². The average Bonchev–Trinajstić information content (AvgIpc) is 2.98. The summed E-state index contributed by atoms with van der Waals surface area (Å²) in [5.41, 5.74) is 2.28. The molecule has 0 aliphatic rings. The van der Waals surface area contributed by atoms with Crippen molar-refractivity contribution in [2.24, 2.45) is 0 Å². The van der Waals surface area contributed by atoms with Crippen molar-refractivity contribution in [3.8, 4) is 0 Å². The van der Waals surface area contributed by atoms with Gasteiger partial charge in [0.05, 0.1) is 11.4 Å². The molecule has 0 aliphatic carbocycles. The van der Waals surface area contributed by atoms with Gasteiger partial charge in [0, 0.05) is 23.5 Å². The number of amides is 1. The van der Waals surface area contributed by atoms with Gasteiger partial charge in [-0.1, -0.05) is 19.9 Å². The molecule has 5 nitrogen and oxygen atoms in total. The van der Waals surface area contributed by atoms with Gasteiger partial charge >= 0.3 is 0 Å². The van der Waals surface area contributed by atoms with Crippen molar-refractivity contribution in [1.29, 1.82) is 0 Å². The molecule has 1 N–H and O–H groups in total. The number of sulfonamides is 1. The van der Waals surface area contributed by atoms with E-state index in [9.17, 15) is 13.2 Å². The number of hydrogen-bond acceptors (Lipinski definition) is 4. The van der Waals surface area contributed by atoms with Gasteiger partial charge in [-0.25, -0.2) is 8.42 Å². The molecule has 1 aromatic heterocycles. The largest absolute Gasteiger partial charge is 0.347 e. The highest BCUT2D eigenvalue weighted by Crippen LogP contribution is 2.20. The zero-order valence-electron chi connectivity index (χ0n) is 15.0. The molecule has 1 aromatic carbocycles. The third kappa shape index (κ3) is 4.29. The lowest BCUT2D eigenvalue weighted by Crippen LogP contribution is -2.31. The van der Waals surface area contributed by atoms with Gasteiger partial charge in [-0.15, -0.1) is 11.3 Å². The van der Waals surface area contributed by atoms with E-state index in [-0.39, 0.29) is 10.8 Å². The monoisotopic (exact) mass is 380 g/mol. The van der Waals surface area contributed by atoms with Crippen LogP contribution in [0.3, 0.4) is 0 Å². The predicted molar refractivity (Wildman–Crippen MR) is 102 cm³/mol. The standard InChI is InChI=1S/C18H24N2O3S2/c1-5-20(6-2)25(22,23)15-8-7-13(3)16(11-15)18(21)19-12-17-14(4)9-10-24-17/h7-11H,5-6,12H2,1-4H3,(H,19,21). The SMILES string of the molecule is CCN(CC)S(=O)(=O)c1ccc(C)c(C(=O)NCc2sccc2C)c1. The zero-order valence-corrected chi connectivity index (χ0v) is 16.6. The van der Waals surface area contributed by atoms with E-state index in [0.29, 0.717) is 25.2 Å². The molecule has 0 aliphatic heterocycles. The highest BCUT2D eigenvalue weighted by Gasteiger charge is 2.23. The summed E-state index contributed by atoms with van der Waals surface area (Å²) in [7, 11) is -3.58. The Morgan fingerprint density at radius 3 is 2.36 bits per heavy atom. The number of benzene rings is 1. The first-order valence-electron chi connectivity index (χ1n) is 8.23. The molecule has 0 saturated heterocycles. The average molecular weight is 381 g/mol. The van der Waals surface area contributed by atoms with Crippen LogP contribution in [0.5, 0.6) is 0 Å². The number of hydrogen-bond donors (Lipinski definition) is 1. The molecule has 2 aromatic rings. The second kappa shape index (κ2) is 8.12. The minimum atomic E-state index is -3.58. The first-order chi connectivity index (χ1) is 11.8. The van der Waals surface area contributed by atoms with Crippen molar-refractivity contribution in [2.75, 3.05) is 13.1 Å². The molecule has 7 heteroatoms. The van der Waals surface area contributed by atoms with Gasteiger partial charge < -0.3 is 5.32 Å². The van der Waals surface area contributed by atoms with Crippen molar-refractivity contribution in [1.82, 2.24) is 9.62 Å². The molecular formula is C18H24N2O3S2. The molecular weight excluding hydrogens is 356 g/mol. The molecule has 2 rings (SSSR count). The van der Waals surface area contributed by atoms with Crippen LogP contribution in [0.25, 0.3) is 0 Å². The van der Waals surface area contributed by atoms with Crippen molar-refractivity contribution in [2.45, 2.75) is 39.1 Å². The summed E-state index contributed by atoms with van der Waals surface area (Å²) in [6, 6.07) is 6.72. The number of carbonyl (C=O) groups excluding carboxylic acids is 1. The highest BCUT2D eigenvalue weighted by molar-refractivity contribution is 7.89. The number of rotatable bonds is 7. The van der Waals surface area contributed by atoms with E-state index in [1.807, 2.05) is 18.4 Å². The third-order valence-electron chi connectivity index (χ3n) is 4.17. The smallest absolute Gasteiger partial charge is 0.251 e. The molecule has 1 heterocycles. The molecule has 0 fully saturated rings. The summed E-state index contributed by atoms with van der Waals surface area (Å²) >= 11 is 1.59. The third-order valence-corrected chi connectivity index (χ3v) is 7.24. The van der Waals surface area contributed by atoms with Crippen LogP contribution in [0.2, 0.25) is 0 Å². The Morgan fingerprint density at radius 1 is 1.12 bits per heavy atom. The number of nitrogens with zero attached hydrogens (tertiary/aromatic N) is 1. The van der Waals surface area contributed by atoms with Gasteiger partial charge in [0.2, 0.25) is 10.0 Å². The van der Waals surface area contributed by atoms with Crippen molar-refractivity contribution >= 4 is 27.3 Å². The van der Waals surface area contributed by atoms with E-state index in [4.69, 9.17) is 0 Å². The van der Waals surface area contributed by atoms with Crippen molar-refractivity contribution in [3.63, 3.8) is 0 Å². The van der Waals surface area contributed by atoms with Crippen molar-refractivity contribution < 1.29 is 13.2 Å². The van der Waals surface area contributed by atoms with Crippen LogP contribution in [-0.2, 0) is 16.6 Å². The van der Waals surface area contributed by atoms with Crippen LogP contribution in [-0.4, -0.2) is 31.7 Å². The Balaban J connectivity index is 2.26. The first-order valence-corrected chi connectivity index (χ1v) is 10.5. The van der Waals surface area contributed by atoms with E-state index >= 15 is 0 Å². The maximum atomic E-state index is 12.7. The Labute approximate surface area is 153 Å². The number of nitrogens with one attached hydrogen (secondary N) is 1. The van der Waals surface area contributed by atoms with Gasteiger partial charge in [0.15, 0.2) is 0 Å². The molecule has 0 bridgehead atoms. The second-order valence-corrected chi connectivity index (χ2v) is 8.71. The fourth-order valence-electron chi connectivity index (χ4n) is 2.56. The fraction of sp³-hybridized carbons (Fsp3) is 0.389. The highest BCUT2D eigenvalue weighted by atomic mass is 32.2. The zero-order chi connectivity index (χ0) is 18.6. The predicted octanol–water partition coefficient (Wildman–Crippen LogP) is 3.33. The molecule has 0 saturated carbocycles. The van der Waals surface area contributed by atoms with Gasteiger partial charge in [-0.3, -0.25) is 4.79 Å². The van der Waals surface area contributed by atoms with Crippen LogP contribution in [0.4, 0.5) is 0 Å². The molecule has 1 amide bonds. The maximum absolute atomic E-state index is 12.7. The van der Waals surface area contributed by atoms with Gasteiger partial charge in [-0.05, 0) is 48.6 Å². The second-order valence-electron chi connectivity index (χ2n) is 5.78. The lowest BCUT2D eigenvalue weighted by Gasteiger charge is -2.19. The van der Waals surface area contributed by atoms with Crippen LogP contribution >= 0.6 is 11.3 Å². The summed E-state index contributed by atoms with van der Waals surface area (Å²) in [6.07, 6.45) is 0. The van der Waals surface area contributed by atoms with E-state index in [2.05, 4.69) is 5.32 Å². The number of thiophene rings is 1. The molecule has 136 valence electrons. The van der Waals surface area contributed by atoms with Gasteiger partial charge in [0.1, 0.15) is 0 Å². The molecule has 0 spiro atoms. The van der Waals surface area contributed by atoms with E-state index < -0.39 is 10.0 Å². The Kier molecular flexibility index (Phi) is 6.37. The molecule has 0 unspecified atom stereocenters. The molecule has 25 heavy (non-hydrogen) atoms. The van der Waals surface area contributed by atoms with Gasteiger partial charge in [0.25, 0.3) is 5.91 Å². The Bertz CT molecular complexity index is 853. The van der Waals surface area contributed by atoms with Gasteiger partial charge in [-0.2, -0.15) is 4.31 Å². The first kappa shape index (κ1) is 19.6. The lowest BCUT2D eigenvalue weighted by molar-refractivity contribution is 0.0950. The maximum Gasteiger partial charge on any atom is 0.251 e. The number of carbonyl (C=O) groups is 1. The summed E-state index contributed by atoms with van der Waals surface area (Å²) < 4.78 is 26.7. The lowest BCUT2D eigenvalue weighted by atomic mass is 10.1. The van der Waals surface area contributed by atoms with Crippen LogP contribution in [0.1, 0.15) is 40.2 Å². The Hall–Kier alpha value is -1.70. The van der Waals surface area contributed by atoms with Crippen molar-refractivity contribution in [3.05, 3.63) is 51.2 Å². The molecule has 0 atom stereocenters. The Morgan fingerprint density at radius 2 is 1.80 bits per heavy atom.